The van der Waals surface area contributed by atoms with Crippen molar-refractivity contribution in [3.05, 3.63) is 0 Å². The van der Waals surface area contributed by atoms with Crippen molar-refractivity contribution in [3.8, 4) is 12.0 Å². The average molecular weight is 193 g/mol. The Hall–Kier alpha value is -0.970. The van der Waals surface area contributed by atoms with E-state index in [-0.39, 0.29) is 5.91 Å². The maximum atomic E-state index is 11.2. The highest BCUT2D eigenvalue weighted by atomic mass is 16.2. The molecule has 0 bridgehead atoms. The zero-order chi connectivity index (χ0) is 10.2. The fourth-order valence-corrected chi connectivity index (χ4v) is 1.56. The average Bonchev–Trinajstić information content (AvgIpc) is 2.58. The van der Waals surface area contributed by atoms with Crippen LogP contribution in [0.1, 0.15) is 51.9 Å². The van der Waals surface area contributed by atoms with Crippen LogP contribution in [-0.2, 0) is 4.79 Å². The Morgan fingerprint density at radius 1 is 1.36 bits per heavy atom. The lowest BCUT2D eigenvalue weighted by Crippen LogP contribution is -2.17. The van der Waals surface area contributed by atoms with Crippen molar-refractivity contribution < 1.29 is 4.79 Å². The molecule has 0 unspecified atom stereocenters. The van der Waals surface area contributed by atoms with Gasteiger partial charge in [-0.25, -0.2) is 0 Å². The molecule has 1 fully saturated rings. The van der Waals surface area contributed by atoms with Gasteiger partial charge in [-0.1, -0.05) is 32.1 Å². The number of carbonyl (C=O) groups is 1. The van der Waals surface area contributed by atoms with Crippen LogP contribution >= 0.6 is 0 Å². The second kappa shape index (κ2) is 6.48. The predicted octanol–water partition coefficient (Wildman–Crippen LogP) is 2.54. The van der Waals surface area contributed by atoms with Crippen LogP contribution in [0.3, 0.4) is 0 Å². The Balaban J connectivity index is 2.10. The maximum Gasteiger partial charge on any atom is 0.234 e. The number of rotatable bonds is 4. The smallest absolute Gasteiger partial charge is 0.234 e. The monoisotopic (exact) mass is 193 g/mol. The standard InChI is InChI=1S/C12H19NO/c1-2-3-4-5-6-7-10-13-11-8-9-12(13)14/h2-6,8-9,11H2,1H3. The van der Waals surface area contributed by atoms with E-state index in [1.54, 1.807) is 4.90 Å². The summed E-state index contributed by atoms with van der Waals surface area (Å²) >= 11 is 0. The quantitative estimate of drug-likeness (QED) is 0.496. The molecule has 0 aromatic carbocycles. The van der Waals surface area contributed by atoms with Crippen molar-refractivity contribution in [2.24, 2.45) is 0 Å². The first kappa shape index (κ1) is 11.1. The topological polar surface area (TPSA) is 20.3 Å². The summed E-state index contributed by atoms with van der Waals surface area (Å²) in [5.41, 5.74) is 0. The molecule has 1 aliphatic rings. The number of carbonyl (C=O) groups excluding carboxylic acids is 1. The molecular weight excluding hydrogens is 174 g/mol. The van der Waals surface area contributed by atoms with Gasteiger partial charge < -0.3 is 0 Å². The van der Waals surface area contributed by atoms with Crippen LogP contribution in [0.15, 0.2) is 0 Å². The Morgan fingerprint density at radius 2 is 2.21 bits per heavy atom. The summed E-state index contributed by atoms with van der Waals surface area (Å²) < 4.78 is 0. The zero-order valence-corrected chi connectivity index (χ0v) is 9.01. The third-order valence-electron chi connectivity index (χ3n) is 2.44. The number of nitrogens with zero attached hydrogens (tertiary/aromatic N) is 1. The molecule has 0 atom stereocenters. The lowest BCUT2D eigenvalue weighted by atomic mass is 10.2. The van der Waals surface area contributed by atoms with Crippen LogP contribution in [0.4, 0.5) is 0 Å². The summed E-state index contributed by atoms with van der Waals surface area (Å²) in [5.74, 6) is 3.27. The summed E-state index contributed by atoms with van der Waals surface area (Å²) in [5, 5.41) is 0. The lowest BCUT2D eigenvalue weighted by molar-refractivity contribution is -0.124. The second-order valence-corrected chi connectivity index (χ2v) is 3.75. The van der Waals surface area contributed by atoms with Crippen LogP contribution in [0.25, 0.3) is 0 Å². The Labute approximate surface area is 86.7 Å². The Bertz CT molecular complexity index is 236. The van der Waals surface area contributed by atoms with Gasteiger partial charge in [0.25, 0.3) is 0 Å². The van der Waals surface area contributed by atoms with Gasteiger partial charge in [0.2, 0.25) is 5.91 Å². The second-order valence-electron chi connectivity index (χ2n) is 3.75. The number of hydrogen-bond acceptors (Lipinski definition) is 1. The summed E-state index contributed by atoms with van der Waals surface area (Å²) in [6.07, 6.45) is 7.59. The fourth-order valence-electron chi connectivity index (χ4n) is 1.56. The molecule has 0 radical (unpaired) electrons. The summed E-state index contributed by atoms with van der Waals surface area (Å²) in [6, 6.07) is 2.94. The summed E-state index contributed by atoms with van der Waals surface area (Å²) in [7, 11) is 0. The first-order valence-corrected chi connectivity index (χ1v) is 5.63. The van der Waals surface area contributed by atoms with E-state index in [1.807, 2.05) is 0 Å². The predicted molar refractivity (Wildman–Crippen MR) is 57.5 cm³/mol. The molecule has 78 valence electrons. The van der Waals surface area contributed by atoms with E-state index in [1.165, 1.54) is 25.7 Å². The normalized spacial score (nSPS) is 15.5. The van der Waals surface area contributed by atoms with Crippen molar-refractivity contribution in [1.82, 2.24) is 4.90 Å². The Morgan fingerprint density at radius 3 is 2.86 bits per heavy atom. The molecule has 1 saturated heterocycles. The van der Waals surface area contributed by atoms with Crippen molar-refractivity contribution >= 4 is 5.91 Å². The molecule has 1 rings (SSSR count). The van der Waals surface area contributed by atoms with Crippen LogP contribution in [0, 0.1) is 12.0 Å². The van der Waals surface area contributed by atoms with Crippen LogP contribution in [-0.4, -0.2) is 17.4 Å². The molecule has 14 heavy (non-hydrogen) atoms. The Kier molecular flexibility index (Phi) is 5.14. The van der Waals surface area contributed by atoms with Gasteiger partial charge in [0.15, 0.2) is 0 Å². The number of hydrogen-bond donors (Lipinski definition) is 0. The van der Waals surface area contributed by atoms with Gasteiger partial charge in [-0.15, -0.1) is 0 Å². The van der Waals surface area contributed by atoms with Gasteiger partial charge in [0.05, 0.1) is 0 Å². The first-order chi connectivity index (χ1) is 6.84. The number of likely N-dealkylation sites (tertiary alicyclic amines) is 1. The molecule has 0 spiro atoms. The minimum absolute atomic E-state index is 0.200. The molecular formula is C12H19NO. The fraction of sp³-hybridized carbons (Fsp3) is 0.750. The summed E-state index contributed by atoms with van der Waals surface area (Å²) in [4.78, 5) is 12.8. The van der Waals surface area contributed by atoms with Crippen molar-refractivity contribution in [1.29, 1.82) is 0 Å². The van der Waals surface area contributed by atoms with E-state index < -0.39 is 0 Å². The third-order valence-corrected chi connectivity index (χ3v) is 2.44. The molecule has 0 N–H and O–H groups in total. The van der Waals surface area contributed by atoms with E-state index in [9.17, 15) is 4.79 Å². The molecule has 2 heteroatoms. The highest BCUT2D eigenvalue weighted by molar-refractivity contribution is 5.79. The van der Waals surface area contributed by atoms with Gasteiger partial charge in [0, 0.05) is 25.4 Å². The molecule has 1 amide bonds. The van der Waals surface area contributed by atoms with Gasteiger partial charge in [-0.2, -0.15) is 0 Å². The minimum Gasteiger partial charge on any atom is -0.274 e. The van der Waals surface area contributed by atoms with Gasteiger partial charge in [-0.05, 0) is 12.8 Å². The summed E-state index contributed by atoms with van der Waals surface area (Å²) in [6.45, 7) is 3.04. The van der Waals surface area contributed by atoms with E-state index in [0.717, 1.165) is 19.4 Å². The maximum absolute atomic E-state index is 11.2. The lowest BCUT2D eigenvalue weighted by Gasteiger charge is -2.03. The van der Waals surface area contributed by atoms with E-state index >= 15 is 0 Å². The van der Waals surface area contributed by atoms with Crippen molar-refractivity contribution in [3.63, 3.8) is 0 Å². The molecule has 1 aliphatic heterocycles. The van der Waals surface area contributed by atoms with Crippen molar-refractivity contribution in [2.75, 3.05) is 6.54 Å². The molecule has 1 heterocycles. The largest absolute Gasteiger partial charge is 0.274 e. The van der Waals surface area contributed by atoms with E-state index in [0.29, 0.717) is 6.42 Å². The molecule has 0 aliphatic carbocycles. The first-order valence-electron chi connectivity index (χ1n) is 5.63. The number of amides is 1. The third kappa shape index (κ3) is 3.83. The SMILES string of the molecule is CCCCCCC#CN1CCCC1=O. The molecule has 0 aromatic heterocycles. The number of unbranched alkanes of at least 4 members (excludes halogenated alkanes) is 4. The van der Waals surface area contributed by atoms with Gasteiger partial charge >= 0.3 is 0 Å². The van der Waals surface area contributed by atoms with Crippen molar-refractivity contribution in [2.45, 2.75) is 51.9 Å². The van der Waals surface area contributed by atoms with Crippen LogP contribution in [0.2, 0.25) is 0 Å². The van der Waals surface area contributed by atoms with Gasteiger partial charge in [-0.3, -0.25) is 9.69 Å². The minimum atomic E-state index is 0.200. The molecule has 0 aromatic rings. The van der Waals surface area contributed by atoms with Crippen LogP contribution in [0.5, 0.6) is 0 Å². The highest BCUT2D eigenvalue weighted by Crippen LogP contribution is 2.07. The highest BCUT2D eigenvalue weighted by Gasteiger charge is 2.17. The van der Waals surface area contributed by atoms with Crippen LogP contribution < -0.4 is 0 Å². The molecule has 2 nitrogen and oxygen atoms in total. The van der Waals surface area contributed by atoms with Gasteiger partial charge in [0.1, 0.15) is 0 Å². The molecule has 0 saturated carbocycles. The zero-order valence-electron chi connectivity index (χ0n) is 9.01. The van der Waals surface area contributed by atoms with E-state index in [4.69, 9.17) is 0 Å². The van der Waals surface area contributed by atoms with E-state index in [2.05, 4.69) is 18.9 Å².